The van der Waals surface area contributed by atoms with Crippen molar-refractivity contribution in [3.05, 3.63) is 117 Å². The molecule has 0 saturated heterocycles. The van der Waals surface area contributed by atoms with Crippen LogP contribution in [0.25, 0.3) is 0 Å². The average molecular weight is 1020 g/mol. The van der Waals surface area contributed by atoms with Gasteiger partial charge < -0.3 is 25.3 Å². The molecular weight excluding hydrogens is 907 g/mol. The first-order valence-corrected chi connectivity index (χ1v) is 30.3. The maximum absolute atomic E-state index is 8.99. The predicted octanol–water partition coefficient (Wildman–Crippen LogP) is 21.5. The van der Waals surface area contributed by atoms with Gasteiger partial charge in [-0.25, -0.2) is 0 Å². The molecule has 4 N–H and O–H groups in total. The number of aryl methyl sites for hydroxylation is 8. The van der Waals surface area contributed by atoms with Gasteiger partial charge in [0.25, 0.3) is 0 Å². The van der Waals surface area contributed by atoms with Crippen molar-refractivity contribution in [2.24, 2.45) is 0 Å². The quantitative estimate of drug-likeness (QED) is 0.0351. The monoisotopic (exact) mass is 1020 g/mol. The third-order valence-electron chi connectivity index (χ3n) is 13.6. The van der Waals surface area contributed by atoms with Gasteiger partial charge in [-0.3, -0.25) is 0 Å². The molecule has 422 valence electrons. The van der Waals surface area contributed by atoms with Gasteiger partial charge in [-0.15, -0.1) is 0 Å². The lowest BCUT2D eigenvalue weighted by Gasteiger charge is -2.16. The van der Waals surface area contributed by atoms with Gasteiger partial charge in [0, 0.05) is 0 Å². The molecule has 0 aliphatic rings. The van der Waals surface area contributed by atoms with E-state index in [1.165, 1.54) is 219 Å². The lowest BCUT2D eigenvalue weighted by molar-refractivity contribution is 0.314. The van der Waals surface area contributed by atoms with E-state index in [0.717, 1.165) is 44.5 Å². The smallest absolute Gasteiger partial charge is 0.116 e. The van der Waals surface area contributed by atoms with E-state index in [1.54, 1.807) is 48.5 Å². The first-order valence-electron chi connectivity index (χ1n) is 30.3. The number of phenolic OH excluding ortho intramolecular Hbond substituents is 4. The zero-order chi connectivity index (χ0) is 55.0. The molecule has 74 heavy (non-hydrogen) atoms. The summed E-state index contributed by atoms with van der Waals surface area (Å²) in [5, 5.41) is 36.0. The summed E-state index contributed by atoms with van der Waals surface area (Å²) in [4.78, 5) is 2.59. The van der Waals surface area contributed by atoms with Gasteiger partial charge >= 0.3 is 0 Å². The Bertz CT molecular complexity index is 1450. The van der Waals surface area contributed by atoms with Crippen molar-refractivity contribution >= 4 is 0 Å². The number of hydrogen-bond acceptors (Lipinski definition) is 5. The van der Waals surface area contributed by atoms with Crippen LogP contribution in [0.5, 0.6) is 23.0 Å². The average Bonchev–Trinajstić information content (AvgIpc) is 3.30. The second-order valence-corrected chi connectivity index (χ2v) is 22.3. The van der Waals surface area contributed by atoms with Gasteiger partial charge in [0.05, 0.1) is 0 Å². The molecule has 0 radical (unpaired) electrons. The zero-order valence-corrected chi connectivity index (χ0v) is 50.2. The van der Waals surface area contributed by atoms with Crippen molar-refractivity contribution < 1.29 is 20.4 Å². The molecule has 4 aromatic carbocycles. The van der Waals surface area contributed by atoms with Gasteiger partial charge in [0.15, 0.2) is 0 Å². The van der Waals surface area contributed by atoms with E-state index in [2.05, 4.69) is 25.8 Å². The highest BCUT2D eigenvalue weighted by Gasteiger charge is 2.01. The highest BCUT2D eigenvalue weighted by atomic mass is 16.3. The standard InChI is InChI=1S/C37H77N.4C8H10O/c1-4-6-8-10-12-14-16-18-20-22-24-26-28-30-32-34-36-38(3)37-35-33-31-29-27-25-23-21-19-17-15-13-11-9-7-5-2;4*1-6-3-7(2)5-8(9)4-6/h4-37H2,1-3H3;4*3-5,9H,1-2H3. The number of benzene rings is 4. The topological polar surface area (TPSA) is 84.2 Å². The van der Waals surface area contributed by atoms with Crippen LogP contribution in [-0.2, 0) is 0 Å². The van der Waals surface area contributed by atoms with Crippen LogP contribution in [0, 0.1) is 55.4 Å². The number of hydrogen-bond donors (Lipinski definition) is 4. The molecule has 0 aliphatic heterocycles. The highest BCUT2D eigenvalue weighted by molar-refractivity contribution is 5.34. The lowest BCUT2D eigenvalue weighted by Crippen LogP contribution is -2.20. The van der Waals surface area contributed by atoms with E-state index >= 15 is 0 Å². The summed E-state index contributed by atoms with van der Waals surface area (Å²) in [6.07, 6.45) is 46.8. The molecule has 5 nitrogen and oxygen atoms in total. The summed E-state index contributed by atoms with van der Waals surface area (Å²) in [7, 11) is 2.34. The van der Waals surface area contributed by atoms with Crippen LogP contribution in [-0.4, -0.2) is 45.5 Å². The molecule has 0 atom stereocenters. The largest absolute Gasteiger partial charge is 0.508 e. The first-order chi connectivity index (χ1) is 35.5. The molecule has 0 fully saturated rings. The minimum atomic E-state index is 0.354. The number of unbranched alkanes of at least 4 members (excludes halogenated alkanes) is 30. The Hall–Kier alpha value is -3.96. The SMILES string of the molecule is CCCCCCCCCCCCCCCCCCN(C)CCCCCCCCCCCCCCCCCC.Cc1cc(C)cc(O)c1.Cc1cc(C)cc(O)c1.Cc1cc(C)cc(O)c1.Cc1cc(C)cc(O)c1. The molecule has 0 amide bonds. The third-order valence-corrected chi connectivity index (χ3v) is 13.6. The van der Waals surface area contributed by atoms with Crippen LogP contribution in [0.3, 0.4) is 0 Å². The van der Waals surface area contributed by atoms with Crippen molar-refractivity contribution in [2.45, 2.75) is 275 Å². The molecule has 0 heterocycles. The van der Waals surface area contributed by atoms with Crippen LogP contribution in [0.2, 0.25) is 0 Å². The minimum Gasteiger partial charge on any atom is -0.508 e. The molecule has 0 aliphatic carbocycles. The van der Waals surface area contributed by atoms with Crippen LogP contribution < -0.4 is 0 Å². The fraction of sp³-hybridized carbons (Fsp3) is 0.652. The Balaban J connectivity index is 0.00000115. The molecule has 0 saturated carbocycles. The van der Waals surface area contributed by atoms with E-state index < -0.39 is 0 Å². The summed E-state index contributed by atoms with van der Waals surface area (Å²) in [5.74, 6) is 1.42. The molecule has 0 bridgehead atoms. The number of phenols is 4. The Labute approximate surface area is 458 Å². The Morgan fingerprint density at radius 1 is 0.230 bits per heavy atom. The van der Waals surface area contributed by atoms with Crippen LogP contribution in [0.1, 0.15) is 264 Å². The molecular formula is C69H117NO4. The van der Waals surface area contributed by atoms with E-state index in [0.29, 0.717) is 23.0 Å². The zero-order valence-electron chi connectivity index (χ0n) is 50.2. The van der Waals surface area contributed by atoms with Gasteiger partial charge in [0.2, 0.25) is 0 Å². The van der Waals surface area contributed by atoms with Crippen LogP contribution in [0.15, 0.2) is 72.8 Å². The van der Waals surface area contributed by atoms with E-state index in [1.807, 2.05) is 79.7 Å². The van der Waals surface area contributed by atoms with E-state index in [9.17, 15) is 0 Å². The highest BCUT2D eigenvalue weighted by Crippen LogP contribution is 2.19. The van der Waals surface area contributed by atoms with Gasteiger partial charge in [-0.05, 0) is 181 Å². The van der Waals surface area contributed by atoms with Crippen molar-refractivity contribution in [2.75, 3.05) is 20.1 Å². The number of aromatic hydroxyl groups is 4. The Morgan fingerprint density at radius 2 is 0.365 bits per heavy atom. The minimum absolute atomic E-state index is 0.354. The summed E-state index contributed by atoms with van der Waals surface area (Å²) in [6, 6.07) is 22.1. The maximum atomic E-state index is 8.99. The normalized spacial score (nSPS) is 10.6. The Morgan fingerprint density at radius 3 is 0.500 bits per heavy atom. The van der Waals surface area contributed by atoms with Crippen LogP contribution >= 0.6 is 0 Å². The fourth-order valence-corrected chi connectivity index (χ4v) is 9.77. The summed E-state index contributed by atoms with van der Waals surface area (Å²) >= 11 is 0. The molecule has 4 rings (SSSR count). The van der Waals surface area contributed by atoms with Crippen molar-refractivity contribution in [3.63, 3.8) is 0 Å². The Kier molecular flexibility index (Phi) is 46.1. The van der Waals surface area contributed by atoms with Gasteiger partial charge in [-0.1, -0.05) is 231 Å². The van der Waals surface area contributed by atoms with Gasteiger partial charge in [0.1, 0.15) is 23.0 Å². The molecule has 4 aromatic rings. The van der Waals surface area contributed by atoms with E-state index in [-0.39, 0.29) is 0 Å². The fourth-order valence-electron chi connectivity index (χ4n) is 9.77. The summed E-state index contributed by atoms with van der Waals surface area (Å²) < 4.78 is 0. The van der Waals surface area contributed by atoms with Crippen molar-refractivity contribution in [3.8, 4) is 23.0 Å². The third kappa shape index (κ3) is 47.7. The number of nitrogens with zero attached hydrogens (tertiary/aromatic N) is 1. The van der Waals surface area contributed by atoms with Crippen LogP contribution in [0.4, 0.5) is 0 Å². The lowest BCUT2D eigenvalue weighted by atomic mass is 10.0. The molecule has 0 spiro atoms. The number of rotatable bonds is 34. The predicted molar refractivity (Wildman–Crippen MR) is 327 cm³/mol. The maximum Gasteiger partial charge on any atom is 0.116 e. The molecule has 0 aromatic heterocycles. The summed E-state index contributed by atoms with van der Waals surface area (Å²) in [5.41, 5.74) is 8.83. The van der Waals surface area contributed by atoms with E-state index in [4.69, 9.17) is 20.4 Å². The van der Waals surface area contributed by atoms with Crippen molar-refractivity contribution in [1.82, 2.24) is 4.90 Å². The second kappa shape index (κ2) is 48.7. The second-order valence-electron chi connectivity index (χ2n) is 22.3. The first kappa shape index (κ1) is 70.0. The summed E-state index contributed by atoms with van der Waals surface area (Å²) in [6.45, 7) is 23.0. The molecule has 5 heteroatoms. The molecule has 0 unspecified atom stereocenters. The van der Waals surface area contributed by atoms with Crippen molar-refractivity contribution in [1.29, 1.82) is 0 Å². The van der Waals surface area contributed by atoms with Gasteiger partial charge in [-0.2, -0.15) is 0 Å².